The Kier molecular flexibility index (Phi) is 3.00. The Balaban J connectivity index is 3.53. The van der Waals surface area contributed by atoms with E-state index < -0.39 is 37.3 Å². The molecule has 0 aliphatic rings. The molecule has 0 saturated carbocycles. The van der Waals surface area contributed by atoms with Crippen LogP contribution < -0.4 is 11.3 Å². The van der Waals surface area contributed by atoms with Gasteiger partial charge in [0.25, 0.3) is 21.0 Å². The van der Waals surface area contributed by atoms with E-state index >= 15 is 0 Å². The fourth-order valence-corrected chi connectivity index (χ4v) is 1.85. The molecule has 1 aromatic rings. The van der Waals surface area contributed by atoms with Crippen LogP contribution >= 0.6 is 10.7 Å². The largest absolute Gasteiger partial charge is 0.396 e. The third kappa shape index (κ3) is 2.45. The van der Waals surface area contributed by atoms with Gasteiger partial charge in [-0.2, -0.15) is 0 Å². The number of nitrogens with two attached hydrogens (primary N) is 1. The van der Waals surface area contributed by atoms with Crippen molar-refractivity contribution in [3.8, 4) is 0 Å². The van der Waals surface area contributed by atoms with Crippen molar-refractivity contribution < 1.29 is 17.2 Å². The molecule has 0 unspecified atom stereocenters. The quantitative estimate of drug-likeness (QED) is 0.768. The summed E-state index contributed by atoms with van der Waals surface area (Å²) in [5, 5.41) is -0.779. The third-order valence-electron chi connectivity index (χ3n) is 1.54. The maximum atomic E-state index is 12.2. The van der Waals surface area contributed by atoms with E-state index in [4.69, 9.17) is 16.4 Å². The molecule has 0 fully saturated rings. The zero-order chi connectivity index (χ0) is 11.8. The molecule has 1 aromatic heterocycles. The molecule has 0 radical (unpaired) electrons. The Morgan fingerprint density at radius 2 is 2.00 bits per heavy atom. The van der Waals surface area contributed by atoms with E-state index in [0.717, 1.165) is 0 Å². The number of anilines is 1. The second-order valence-electron chi connectivity index (χ2n) is 2.58. The van der Waals surface area contributed by atoms with Crippen LogP contribution in [0.5, 0.6) is 0 Å². The van der Waals surface area contributed by atoms with E-state index in [1.807, 2.05) is 0 Å². The molecule has 1 heterocycles. The van der Waals surface area contributed by atoms with Crippen LogP contribution in [0, 0.1) is 0 Å². The minimum absolute atomic E-state index is 0.528. The van der Waals surface area contributed by atoms with Crippen molar-refractivity contribution in [2.24, 2.45) is 0 Å². The molecule has 15 heavy (non-hydrogen) atoms. The summed E-state index contributed by atoms with van der Waals surface area (Å²) in [6.45, 7) is 0. The normalized spacial score (nSPS) is 12.0. The van der Waals surface area contributed by atoms with Gasteiger partial charge in [-0.1, -0.05) is 0 Å². The molecule has 3 N–H and O–H groups in total. The van der Waals surface area contributed by atoms with Gasteiger partial charge in [-0.25, -0.2) is 17.2 Å². The van der Waals surface area contributed by atoms with Gasteiger partial charge in [0.15, 0.2) is 5.03 Å². The predicted octanol–water partition coefficient (Wildman–Crippen LogP) is 0.822. The fraction of sp³-hybridized carbons (Fsp3) is 0.167. The topological polar surface area (TPSA) is 93.0 Å². The number of aromatic nitrogens is 1. The van der Waals surface area contributed by atoms with Crippen LogP contribution in [-0.4, -0.2) is 13.4 Å². The van der Waals surface area contributed by atoms with Crippen molar-refractivity contribution >= 4 is 25.4 Å². The van der Waals surface area contributed by atoms with Gasteiger partial charge in [-0.05, 0) is 6.07 Å². The second kappa shape index (κ2) is 3.78. The lowest BCUT2D eigenvalue weighted by Gasteiger charge is -2.04. The molecule has 9 heteroatoms. The first-order valence-electron chi connectivity index (χ1n) is 3.49. The van der Waals surface area contributed by atoms with Crippen LogP contribution in [0.4, 0.5) is 14.5 Å². The average Bonchev–Trinajstić information content (AvgIpc) is 2.06. The maximum Gasteiger partial charge on any atom is 0.278 e. The summed E-state index contributed by atoms with van der Waals surface area (Å²) in [5.41, 5.74) is 2.48. The van der Waals surface area contributed by atoms with Crippen LogP contribution in [0.25, 0.3) is 0 Å². The Bertz CT molecular complexity index is 540. The number of pyridine rings is 1. The fourth-order valence-electron chi connectivity index (χ4n) is 0.910. The smallest absolute Gasteiger partial charge is 0.278 e. The van der Waals surface area contributed by atoms with Gasteiger partial charge in [0.2, 0.25) is 0 Å². The van der Waals surface area contributed by atoms with Gasteiger partial charge < -0.3 is 10.7 Å². The molecule has 0 atom stereocenters. The van der Waals surface area contributed by atoms with Crippen molar-refractivity contribution in [2.45, 2.75) is 11.5 Å². The number of H-pyrrole nitrogens is 1. The van der Waals surface area contributed by atoms with Gasteiger partial charge in [0.1, 0.15) is 0 Å². The summed E-state index contributed by atoms with van der Waals surface area (Å²) in [7, 11) is 0.651. The number of nitrogen functional groups attached to an aromatic ring is 1. The minimum Gasteiger partial charge on any atom is -0.396 e. The van der Waals surface area contributed by atoms with Crippen LogP contribution in [0.2, 0.25) is 0 Å². The molecule has 1 rings (SSSR count). The summed E-state index contributed by atoms with van der Waals surface area (Å²) >= 11 is 0. The highest BCUT2D eigenvalue weighted by molar-refractivity contribution is 8.13. The molecule has 0 amide bonds. The van der Waals surface area contributed by atoms with Crippen molar-refractivity contribution in [1.82, 2.24) is 4.98 Å². The first kappa shape index (κ1) is 11.9. The lowest BCUT2D eigenvalue weighted by molar-refractivity contribution is 0.149. The SMILES string of the molecule is Nc1cc(C(F)F)c(=O)[nH]c1S(=O)(=O)Cl. The highest BCUT2D eigenvalue weighted by Crippen LogP contribution is 2.22. The summed E-state index contributed by atoms with van der Waals surface area (Å²) in [4.78, 5) is 12.7. The highest BCUT2D eigenvalue weighted by atomic mass is 35.7. The molecule has 84 valence electrons. The lowest BCUT2D eigenvalue weighted by atomic mass is 10.3. The molecule has 0 saturated heterocycles. The predicted molar refractivity (Wildman–Crippen MR) is 49.5 cm³/mol. The zero-order valence-corrected chi connectivity index (χ0v) is 8.57. The van der Waals surface area contributed by atoms with Gasteiger partial charge in [-0.3, -0.25) is 4.79 Å². The maximum absolute atomic E-state index is 12.2. The Morgan fingerprint density at radius 3 is 2.40 bits per heavy atom. The van der Waals surface area contributed by atoms with Crippen LogP contribution in [0.3, 0.4) is 0 Å². The van der Waals surface area contributed by atoms with Crippen molar-refractivity contribution in [1.29, 1.82) is 0 Å². The number of hydrogen-bond acceptors (Lipinski definition) is 4. The van der Waals surface area contributed by atoms with Gasteiger partial charge in [0, 0.05) is 10.7 Å². The molecule has 0 aliphatic carbocycles. The molecule has 0 aliphatic heterocycles. The monoisotopic (exact) mass is 258 g/mol. The first-order valence-corrected chi connectivity index (χ1v) is 5.80. The minimum atomic E-state index is -4.25. The zero-order valence-electron chi connectivity index (χ0n) is 7.00. The first-order chi connectivity index (χ1) is 6.73. The number of nitrogens with one attached hydrogen (secondary N) is 1. The molecule has 5 nitrogen and oxygen atoms in total. The van der Waals surface area contributed by atoms with E-state index in [-0.39, 0.29) is 0 Å². The Hall–Kier alpha value is -1.15. The second-order valence-corrected chi connectivity index (χ2v) is 5.08. The number of alkyl halides is 2. The summed E-state index contributed by atoms with van der Waals surface area (Å²) in [5.74, 6) is 0. The Labute approximate surface area is 87.3 Å². The van der Waals surface area contributed by atoms with Gasteiger partial charge in [-0.15, -0.1) is 0 Å². The lowest BCUT2D eigenvalue weighted by Crippen LogP contribution is -2.17. The molecular formula is C6H5ClF2N2O3S. The highest BCUT2D eigenvalue weighted by Gasteiger charge is 2.20. The van der Waals surface area contributed by atoms with E-state index in [1.165, 1.54) is 0 Å². The van der Waals surface area contributed by atoms with Crippen LogP contribution in [-0.2, 0) is 9.05 Å². The van der Waals surface area contributed by atoms with Crippen molar-refractivity contribution in [3.63, 3.8) is 0 Å². The standard InChI is InChI=1S/C6H5ClF2N2O3S/c7-15(13,14)6-3(10)1-2(4(8)9)5(12)11-6/h1,4H,10H2,(H,11,12). The summed E-state index contributed by atoms with van der Waals surface area (Å²) < 4.78 is 46.0. The molecule has 0 bridgehead atoms. The van der Waals surface area contributed by atoms with Gasteiger partial charge >= 0.3 is 0 Å². The summed E-state index contributed by atoms with van der Waals surface area (Å²) in [6.07, 6.45) is -3.04. The number of aromatic amines is 1. The third-order valence-corrected chi connectivity index (χ3v) is 2.83. The van der Waals surface area contributed by atoms with Crippen molar-refractivity contribution in [2.75, 3.05) is 5.73 Å². The average molecular weight is 259 g/mol. The molecular weight excluding hydrogens is 254 g/mol. The van der Waals surface area contributed by atoms with Gasteiger partial charge in [0.05, 0.1) is 11.3 Å². The van der Waals surface area contributed by atoms with Crippen LogP contribution in [0.15, 0.2) is 15.9 Å². The molecule has 0 spiro atoms. The Morgan fingerprint density at radius 1 is 1.47 bits per heavy atom. The molecule has 0 aromatic carbocycles. The van der Waals surface area contributed by atoms with Crippen LogP contribution in [0.1, 0.15) is 12.0 Å². The van der Waals surface area contributed by atoms with E-state index in [0.29, 0.717) is 6.07 Å². The number of halogens is 3. The number of rotatable bonds is 2. The van der Waals surface area contributed by atoms with E-state index in [2.05, 4.69) is 0 Å². The van der Waals surface area contributed by atoms with E-state index in [1.54, 1.807) is 4.98 Å². The number of hydrogen-bond donors (Lipinski definition) is 2. The van der Waals surface area contributed by atoms with Crippen molar-refractivity contribution in [3.05, 3.63) is 22.0 Å². The summed E-state index contributed by atoms with van der Waals surface area (Å²) in [6, 6.07) is 0.582. The van der Waals surface area contributed by atoms with E-state index in [9.17, 15) is 22.0 Å².